The predicted octanol–water partition coefficient (Wildman–Crippen LogP) is 5.16. The van der Waals surface area contributed by atoms with Crippen molar-refractivity contribution < 1.29 is 28.2 Å². The predicted molar refractivity (Wildman–Crippen MR) is 182 cm³/mol. The van der Waals surface area contributed by atoms with Crippen LogP contribution in [0.3, 0.4) is 0 Å². The smallest absolute Gasteiger partial charge is 0.407 e. The fraction of sp³-hybridized carbons (Fsp3) is 0.444. The summed E-state index contributed by atoms with van der Waals surface area (Å²) < 4.78 is 25.9. The summed E-state index contributed by atoms with van der Waals surface area (Å²) >= 11 is 0. The van der Waals surface area contributed by atoms with Gasteiger partial charge in [0.05, 0.1) is 5.56 Å². The van der Waals surface area contributed by atoms with Gasteiger partial charge in [0.15, 0.2) is 5.82 Å². The van der Waals surface area contributed by atoms with Crippen molar-refractivity contribution in [2.45, 2.75) is 72.1 Å². The Kier molecular flexibility index (Phi) is 10.8. The first-order valence-corrected chi connectivity index (χ1v) is 16.5. The molecule has 0 bridgehead atoms. The normalized spacial score (nSPS) is 14.9. The molecule has 12 nitrogen and oxygen atoms in total. The van der Waals surface area contributed by atoms with Crippen molar-refractivity contribution >= 4 is 23.7 Å². The van der Waals surface area contributed by atoms with Gasteiger partial charge in [-0.2, -0.15) is 0 Å². The van der Waals surface area contributed by atoms with Crippen molar-refractivity contribution in [3.05, 3.63) is 82.9 Å². The Balaban J connectivity index is 1.25. The minimum absolute atomic E-state index is 0.0679. The molecule has 2 aliphatic heterocycles. The summed E-state index contributed by atoms with van der Waals surface area (Å²) in [7, 11) is 0. The molecule has 3 amide bonds. The number of rotatable bonds is 11. The molecular formula is C36H44FN7O5. The van der Waals surface area contributed by atoms with E-state index in [0.717, 1.165) is 22.8 Å². The Morgan fingerprint density at radius 3 is 2.35 bits per heavy atom. The van der Waals surface area contributed by atoms with Gasteiger partial charge in [0.25, 0.3) is 11.8 Å². The van der Waals surface area contributed by atoms with E-state index in [9.17, 15) is 18.8 Å². The van der Waals surface area contributed by atoms with Crippen molar-refractivity contribution in [2.75, 3.05) is 37.6 Å². The Hall–Kier alpha value is -5.07. The second-order valence-electron chi connectivity index (χ2n) is 13.6. The van der Waals surface area contributed by atoms with E-state index < -0.39 is 23.6 Å². The van der Waals surface area contributed by atoms with Gasteiger partial charge >= 0.3 is 6.09 Å². The van der Waals surface area contributed by atoms with Gasteiger partial charge in [-0.05, 0) is 82.9 Å². The Labute approximate surface area is 286 Å². The summed E-state index contributed by atoms with van der Waals surface area (Å²) in [4.78, 5) is 49.4. The molecule has 0 fully saturated rings. The molecule has 0 unspecified atom stereocenters. The van der Waals surface area contributed by atoms with Crippen molar-refractivity contribution in [1.29, 1.82) is 0 Å². The number of hydrogen-bond donors (Lipinski definition) is 1. The zero-order valence-electron chi connectivity index (χ0n) is 28.9. The lowest BCUT2D eigenvalue weighted by atomic mass is 10.0. The zero-order valence-corrected chi connectivity index (χ0v) is 28.9. The third-order valence-electron chi connectivity index (χ3n) is 8.32. The Morgan fingerprint density at radius 1 is 1.02 bits per heavy atom. The highest BCUT2D eigenvalue weighted by atomic mass is 19.1. The number of aromatic nitrogens is 3. The molecule has 1 N–H and O–H groups in total. The van der Waals surface area contributed by atoms with Crippen LogP contribution < -0.4 is 15.0 Å². The first-order valence-electron chi connectivity index (χ1n) is 16.5. The van der Waals surface area contributed by atoms with Gasteiger partial charge in [-0.15, -0.1) is 10.2 Å². The van der Waals surface area contributed by atoms with Crippen molar-refractivity contribution in [3.63, 3.8) is 0 Å². The van der Waals surface area contributed by atoms with Gasteiger partial charge in [0, 0.05) is 51.2 Å². The molecule has 49 heavy (non-hydrogen) atoms. The molecule has 2 aliphatic rings. The van der Waals surface area contributed by atoms with E-state index in [1.54, 1.807) is 30.6 Å². The van der Waals surface area contributed by atoms with Crippen LogP contribution in [-0.2, 0) is 16.0 Å². The quantitative estimate of drug-likeness (QED) is 0.275. The first kappa shape index (κ1) is 35.2. The Morgan fingerprint density at radius 2 is 1.71 bits per heavy atom. The topological polar surface area (TPSA) is 130 Å². The van der Waals surface area contributed by atoms with E-state index in [0.29, 0.717) is 45.0 Å². The highest BCUT2D eigenvalue weighted by Gasteiger charge is 2.35. The third-order valence-corrected chi connectivity index (χ3v) is 8.32. The van der Waals surface area contributed by atoms with Crippen LogP contribution >= 0.6 is 0 Å². The molecule has 0 aliphatic carbocycles. The molecule has 2 aromatic carbocycles. The molecular weight excluding hydrogens is 629 g/mol. The van der Waals surface area contributed by atoms with E-state index in [1.807, 2.05) is 56.0 Å². The van der Waals surface area contributed by atoms with Gasteiger partial charge in [-0.25, -0.2) is 14.2 Å². The standard InChI is InChI=1S/C36H44FN7O5/c1-7-44(23(2)3)34(46)29-16-27(37)13-14-30(29)48-33-32(38-22-39-41-33)43-20-25-18-42(19-26(25)21-43)31(45)17-28(15-24-11-9-8-10-12-24)40-35(47)49-36(4,5)6/h8-14,16,22-23,28H,7,15,17-21H2,1-6H3,(H,40,47)/t28-/m1/s1. The molecule has 3 heterocycles. The van der Waals surface area contributed by atoms with Gasteiger partial charge < -0.3 is 29.5 Å². The van der Waals surface area contributed by atoms with Crippen LogP contribution in [0.1, 0.15) is 63.9 Å². The average molecular weight is 674 g/mol. The average Bonchev–Trinajstić information content (AvgIpc) is 3.62. The largest absolute Gasteiger partial charge is 0.444 e. The minimum atomic E-state index is -0.663. The zero-order chi connectivity index (χ0) is 35.3. The van der Waals surface area contributed by atoms with Crippen LogP contribution in [0.15, 0.2) is 66.0 Å². The van der Waals surface area contributed by atoms with Crippen LogP contribution in [0.2, 0.25) is 0 Å². The fourth-order valence-corrected chi connectivity index (χ4v) is 6.10. The fourth-order valence-electron chi connectivity index (χ4n) is 6.10. The maximum absolute atomic E-state index is 14.3. The molecule has 3 aromatic rings. The molecule has 1 atom stereocenters. The van der Waals surface area contributed by atoms with Crippen LogP contribution in [0.4, 0.5) is 15.0 Å². The maximum atomic E-state index is 14.3. The minimum Gasteiger partial charge on any atom is -0.444 e. The van der Waals surface area contributed by atoms with Crippen LogP contribution in [0.25, 0.3) is 0 Å². The summed E-state index contributed by atoms with van der Waals surface area (Å²) in [5.41, 5.74) is 2.60. The molecule has 13 heteroatoms. The monoisotopic (exact) mass is 673 g/mol. The second-order valence-corrected chi connectivity index (χ2v) is 13.6. The second kappa shape index (κ2) is 15.0. The van der Waals surface area contributed by atoms with Crippen LogP contribution in [0, 0.1) is 5.82 Å². The summed E-state index contributed by atoms with van der Waals surface area (Å²) in [5.74, 6) is -0.326. The number of anilines is 1. The number of benzene rings is 2. The summed E-state index contributed by atoms with van der Waals surface area (Å²) in [6, 6.07) is 13.0. The number of alkyl carbamates (subject to hydrolysis) is 1. The number of carbonyl (C=O) groups excluding carboxylic acids is 3. The van der Waals surface area contributed by atoms with Gasteiger partial charge in [-0.1, -0.05) is 30.3 Å². The van der Waals surface area contributed by atoms with Gasteiger partial charge in [0.2, 0.25) is 5.91 Å². The van der Waals surface area contributed by atoms with Crippen molar-refractivity contribution in [3.8, 4) is 11.6 Å². The van der Waals surface area contributed by atoms with Crippen LogP contribution in [0.5, 0.6) is 11.6 Å². The molecule has 0 radical (unpaired) electrons. The highest BCUT2D eigenvalue weighted by Crippen LogP contribution is 2.35. The molecule has 0 saturated heterocycles. The molecule has 1 aromatic heterocycles. The van der Waals surface area contributed by atoms with E-state index in [2.05, 4.69) is 20.5 Å². The van der Waals surface area contributed by atoms with E-state index >= 15 is 0 Å². The number of amides is 3. The highest BCUT2D eigenvalue weighted by molar-refractivity contribution is 5.97. The SMILES string of the molecule is CCN(C(=O)c1cc(F)ccc1Oc1nncnc1N1CC2=C(CN(C(=O)C[C@@H](Cc3ccccc3)NC(=O)OC(C)(C)C)C2)C1)C(C)C. The maximum Gasteiger partial charge on any atom is 0.407 e. The lowest BCUT2D eigenvalue weighted by Gasteiger charge is -2.27. The third kappa shape index (κ3) is 8.89. The van der Waals surface area contributed by atoms with Crippen molar-refractivity contribution in [1.82, 2.24) is 30.3 Å². The number of nitrogens with zero attached hydrogens (tertiary/aromatic N) is 6. The van der Waals surface area contributed by atoms with E-state index in [-0.39, 0.29) is 41.5 Å². The number of halogens is 1. The summed E-state index contributed by atoms with van der Waals surface area (Å²) in [6.45, 7) is 13.4. The van der Waals surface area contributed by atoms with E-state index in [4.69, 9.17) is 9.47 Å². The summed E-state index contributed by atoms with van der Waals surface area (Å²) in [6.07, 6.45) is 1.37. The van der Waals surface area contributed by atoms with Gasteiger partial charge in [0.1, 0.15) is 23.5 Å². The van der Waals surface area contributed by atoms with E-state index in [1.165, 1.54) is 18.5 Å². The van der Waals surface area contributed by atoms with Gasteiger partial charge in [-0.3, -0.25) is 9.59 Å². The first-order chi connectivity index (χ1) is 23.3. The number of nitrogens with one attached hydrogen (secondary N) is 1. The Bertz CT molecular complexity index is 1690. The lowest BCUT2D eigenvalue weighted by Crippen LogP contribution is -2.44. The molecule has 0 saturated carbocycles. The number of hydrogen-bond acceptors (Lipinski definition) is 9. The molecule has 260 valence electrons. The number of ether oxygens (including phenoxy) is 2. The number of carbonyl (C=O) groups is 3. The lowest BCUT2D eigenvalue weighted by molar-refractivity contribution is -0.130. The van der Waals surface area contributed by atoms with Crippen molar-refractivity contribution in [2.24, 2.45) is 0 Å². The summed E-state index contributed by atoms with van der Waals surface area (Å²) in [5, 5.41) is 11.0. The molecule has 0 spiro atoms. The van der Waals surface area contributed by atoms with Crippen LogP contribution in [-0.4, -0.2) is 93.3 Å². The molecule has 5 rings (SSSR count).